The van der Waals surface area contributed by atoms with E-state index in [0.717, 1.165) is 74.4 Å². The van der Waals surface area contributed by atoms with Gasteiger partial charge in [-0.1, -0.05) is 66.7 Å². The quantitative estimate of drug-likeness (QED) is 0.291. The Balaban J connectivity index is 1.15. The second kappa shape index (κ2) is 11.6. The van der Waals surface area contributed by atoms with Crippen molar-refractivity contribution in [1.82, 2.24) is 9.80 Å². The molecule has 3 aromatic rings. The van der Waals surface area contributed by atoms with Crippen molar-refractivity contribution >= 4 is 17.9 Å². The molecule has 7 heteroatoms. The average molecular weight is 498 g/mol. The van der Waals surface area contributed by atoms with E-state index in [2.05, 4.69) is 44.1 Å². The van der Waals surface area contributed by atoms with Crippen LogP contribution in [0.15, 0.2) is 84.0 Å². The molecule has 3 N–H and O–H groups in total. The second-order valence-electron chi connectivity index (χ2n) is 9.89. The van der Waals surface area contributed by atoms with E-state index in [1.54, 1.807) is 6.21 Å². The molecule has 7 nitrogen and oxygen atoms in total. The van der Waals surface area contributed by atoms with Crippen LogP contribution in [0.1, 0.15) is 30.0 Å². The molecule has 0 aliphatic carbocycles. The highest BCUT2D eigenvalue weighted by Gasteiger charge is 2.33. The molecule has 2 heterocycles. The number of piperazine rings is 1. The Labute approximate surface area is 218 Å². The molecule has 2 aliphatic heterocycles. The van der Waals surface area contributed by atoms with Gasteiger partial charge in [0.2, 0.25) is 0 Å². The van der Waals surface area contributed by atoms with Crippen molar-refractivity contribution in [1.29, 1.82) is 0 Å². The number of likely N-dealkylation sites (tertiary alicyclic amines) is 1. The van der Waals surface area contributed by atoms with Crippen LogP contribution < -0.4 is 10.7 Å². The van der Waals surface area contributed by atoms with Gasteiger partial charge in [0.1, 0.15) is 6.04 Å². The van der Waals surface area contributed by atoms with Crippen molar-refractivity contribution in [2.24, 2.45) is 10.9 Å². The zero-order valence-electron chi connectivity index (χ0n) is 21.1. The summed E-state index contributed by atoms with van der Waals surface area (Å²) in [5.74, 6) is 4.47. The number of carbonyl (C=O) groups is 1. The summed E-state index contributed by atoms with van der Waals surface area (Å²) >= 11 is 0. The van der Waals surface area contributed by atoms with Gasteiger partial charge >= 0.3 is 5.97 Å². The number of hydrazone groups is 1. The van der Waals surface area contributed by atoms with E-state index < -0.39 is 12.0 Å². The lowest BCUT2D eigenvalue weighted by Gasteiger charge is -2.44. The second-order valence-corrected chi connectivity index (χ2v) is 9.89. The Kier molecular flexibility index (Phi) is 7.82. The van der Waals surface area contributed by atoms with Gasteiger partial charge in [0.15, 0.2) is 0 Å². The van der Waals surface area contributed by atoms with E-state index in [0.29, 0.717) is 6.04 Å². The number of carboxylic acid groups (broad SMARTS) is 1. The van der Waals surface area contributed by atoms with Crippen LogP contribution in [-0.2, 0) is 4.79 Å². The molecule has 1 unspecified atom stereocenters. The summed E-state index contributed by atoms with van der Waals surface area (Å²) < 4.78 is 0. The van der Waals surface area contributed by atoms with Gasteiger partial charge in [-0.3, -0.25) is 14.6 Å². The molecular formula is C30H35N5O2. The molecule has 192 valence electrons. The summed E-state index contributed by atoms with van der Waals surface area (Å²) in [6.45, 7) is 5.64. The number of nitrogens with two attached hydrogens (primary N) is 1. The Morgan fingerprint density at radius 1 is 0.838 bits per heavy atom. The molecule has 0 amide bonds. The zero-order valence-corrected chi connectivity index (χ0v) is 21.1. The molecule has 0 bridgehead atoms. The molecule has 37 heavy (non-hydrogen) atoms. The predicted molar refractivity (Wildman–Crippen MR) is 149 cm³/mol. The van der Waals surface area contributed by atoms with Crippen LogP contribution in [0.2, 0.25) is 0 Å². The summed E-state index contributed by atoms with van der Waals surface area (Å²) in [4.78, 5) is 19.4. The zero-order chi connectivity index (χ0) is 25.6. The van der Waals surface area contributed by atoms with Gasteiger partial charge in [-0.15, -0.1) is 0 Å². The third-order valence-corrected chi connectivity index (χ3v) is 7.74. The maximum absolute atomic E-state index is 12.3. The van der Waals surface area contributed by atoms with Crippen molar-refractivity contribution in [2.45, 2.75) is 24.9 Å². The Bertz CT molecular complexity index is 1180. The lowest BCUT2D eigenvalue weighted by molar-refractivity contribution is -0.144. The van der Waals surface area contributed by atoms with E-state index >= 15 is 0 Å². The smallest absolute Gasteiger partial charge is 0.325 e. The number of benzene rings is 3. The number of hydrogen-bond acceptors (Lipinski definition) is 6. The molecule has 3 aromatic carbocycles. The molecule has 5 rings (SSSR count). The summed E-state index contributed by atoms with van der Waals surface area (Å²) in [6, 6.07) is 26.4. The maximum Gasteiger partial charge on any atom is 0.325 e. The van der Waals surface area contributed by atoms with Gasteiger partial charge in [0, 0.05) is 51.0 Å². The highest BCUT2D eigenvalue weighted by atomic mass is 16.4. The normalized spacial score (nSPS) is 18.8. The summed E-state index contributed by atoms with van der Waals surface area (Å²) in [5.41, 5.74) is 5.32. The van der Waals surface area contributed by atoms with Crippen LogP contribution in [0.25, 0.3) is 11.1 Å². The first kappa shape index (κ1) is 25.0. The number of nitrogens with zero attached hydrogens (tertiary/aromatic N) is 4. The number of piperidine rings is 1. The van der Waals surface area contributed by atoms with Crippen molar-refractivity contribution in [3.05, 3.63) is 90.0 Å². The number of aliphatic carboxylic acids is 1. The fraction of sp³-hybridized carbons (Fsp3) is 0.333. The van der Waals surface area contributed by atoms with Crippen LogP contribution in [0.3, 0.4) is 0 Å². The van der Waals surface area contributed by atoms with Crippen LogP contribution in [0, 0.1) is 0 Å². The van der Waals surface area contributed by atoms with Gasteiger partial charge in [0.25, 0.3) is 0 Å². The summed E-state index contributed by atoms with van der Waals surface area (Å²) in [5, 5.41) is 13.7. The van der Waals surface area contributed by atoms with Crippen LogP contribution in [0.4, 0.5) is 5.69 Å². The van der Waals surface area contributed by atoms with E-state index in [1.807, 2.05) is 54.6 Å². The number of carboxylic acids is 1. The van der Waals surface area contributed by atoms with Gasteiger partial charge in [0.05, 0.1) is 6.21 Å². The minimum Gasteiger partial charge on any atom is -0.480 e. The fourth-order valence-corrected chi connectivity index (χ4v) is 5.71. The van der Waals surface area contributed by atoms with Crippen LogP contribution in [-0.4, -0.2) is 72.4 Å². The van der Waals surface area contributed by atoms with Crippen molar-refractivity contribution in [2.75, 3.05) is 44.2 Å². The number of hydrogen-bond donors (Lipinski definition) is 2. The van der Waals surface area contributed by atoms with Crippen molar-refractivity contribution < 1.29 is 9.90 Å². The van der Waals surface area contributed by atoms with Gasteiger partial charge in [-0.05, 0) is 47.2 Å². The first-order chi connectivity index (χ1) is 18.1. The summed E-state index contributed by atoms with van der Waals surface area (Å²) in [7, 11) is 0. The Morgan fingerprint density at radius 3 is 2.05 bits per heavy atom. The highest BCUT2D eigenvalue weighted by Crippen LogP contribution is 2.29. The molecule has 0 saturated carbocycles. The van der Waals surface area contributed by atoms with E-state index in [-0.39, 0.29) is 0 Å². The van der Waals surface area contributed by atoms with E-state index in [4.69, 9.17) is 5.84 Å². The minimum absolute atomic E-state index is 0.511. The van der Waals surface area contributed by atoms with Crippen molar-refractivity contribution in [3.63, 3.8) is 0 Å². The fourth-order valence-electron chi connectivity index (χ4n) is 5.71. The largest absolute Gasteiger partial charge is 0.480 e. The first-order valence-corrected chi connectivity index (χ1v) is 13.1. The predicted octanol–water partition coefficient (Wildman–Crippen LogP) is 4.06. The Morgan fingerprint density at radius 2 is 1.46 bits per heavy atom. The molecule has 0 radical (unpaired) electrons. The van der Waals surface area contributed by atoms with Gasteiger partial charge in [-0.2, -0.15) is 5.10 Å². The van der Waals surface area contributed by atoms with Crippen LogP contribution >= 0.6 is 0 Å². The van der Waals surface area contributed by atoms with Crippen LogP contribution in [0.5, 0.6) is 0 Å². The molecule has 1 atom stereocenters. The summed E-state index contributed by atoms with van der Waals surface area (Å²) in [6.07, 6.45) is 3.65. The monoisotopic (exact) mass is 497 g/mol. The highest BCUT2D eigenvalue weighted by molar-refractivity contribution is 5.80. The SMILES string of the molecule is NN=Cc1ccc(N2CCN(C3CCN(C(C(=O)O)c4ccc(-c5ccccc5)cc4)CC3)CC2)cc1. The van der Waals surface area contributed by atoms with Crippen molar-refractivity contribution in [3.8, 4) is 11.1 Å². The third kappa shape index (κ3) is 5.84. The van der Waals surface area contributed by atoms with Gasteiger partial charge < -0.3 is 15.8 Å². The lowest BCUT2D eigenvalue weighted by atomic mass is 9.96. The molecule has 2 saturated heterocycles. The lowest BCUT2D eigenvalue weighted by Crippen LogP contribution is -2.54. The topological polar surface area (TPSA) is 85.4 Å². The molecular weight excluding hydrogens is 462 g/mol. The van der Waals surface area contributed by atoms with E-state index in [1.165, 1.54) is 5.69 Å². The van der Waals surface area contributed by atoms with E-state index in [9.17, 15) is 9.90 Å². The number of rotatable bonds is 7. The molecule has 0 spiro atoms. The molecule has 2 fully saturated rings. The molecule has 2 aliphatic rings. The van der Waals surface area contributed by atoms with Gasteiger partial charge in [-0.25, -0.2) is 0 Å². The third-order valence-electron chi connectivity index (χ3n) is 7.74. The minimum atomic E-state index is -0.775. The standard InChI is InChI=1S/C30H35N5O2/c31-32-22-23-6-12-27(13-7-23)33-18-20-34(21-19-33)28-14-16-35(17-15-28)29(30(36)37)26-10-8-25(9-11-26)24-4-2-1-3-5-24/h1-13,22,28-29H,14-21,31H2,(H,36,37). The number of anilines is 1. The average Bonchev–Trinajstić information content (AvgIpc) is 2.95. The Hall–Kier alpha value is -3.68. The first-order valence-electron chi connectivity index (χ1n) is 13.1. The maximum atomic E-state index is 12.3. The molecule has 0 aromatic heterocycles.